The molecule has 3 amide bonds. The summed E-state index contributed by atoms with van der Waals surface area (Å²) in [6.07, 6.45) is -0.745. The Morgan fingerprint density at radius 1 is 1.31 bits per heavy atom. The normalized spacial score (nSPS) is 22.8. The van der Waals surface area contributed by atoms with E-state index in [1.807, 2.05) is 24.4 Å². The predicted octanol–water partition coefficient (Wildman–Crippen LogP) is 2.74. The standard InChI is InChI=1S/C22H27ClN4O4S/c1-12-4-5-13(8-16(12)23)26(3)22(31)25(2)10-18-14-9-27(21(30)15(14)11-32-18)17-6-7-19(28)24-20(17)29/h4-5,8,11,17,19-20,24,28-29H,6-7,9-10H2,1-3H3. The Labute approximate surface area is 196 Å². The summed E-state index contributed by atoms with van der Waals surface area (Å²) in [6.45, 7) is 2.67. The molecule has 0 radical (unpaired) electrons. The van der Waals surface area contributed by atoms with Gasteiger partial charge in [-0.15, -0.1) is 11.3 Å². The van der Waals surface area contributed by atoms with Gasteiger partial charge in [0.25, 0.3) is 5.91 Å². The molecule has 2 aliphatic rings. The molecule has 2 aromatic rings. The lowest BCUT2D eigenvalue weighted by molar-refractivity contribution is -0.0477. The van der Waals surface area contributed by atoms with Gasteiger partial charge in [-0.3, -0.25) is 15.0 Å². The van der Waals surface area contributed by atoms with E-state index >= 15 is 0 Å². The molecule has 3 atom stereocenters. The number of aliphatic hydroxyl groups excluding tert-OH is 2. The molecule has 172 valence electrons. The molecule has 1 saturated heterocycles. The average molecular weight is 479 g/mol. The number of piperidine rings is 1. The number of anilines is 1. The van der Waals surface area contributed by atoms with Gasteiger partial charge < -0.3 is 20.0 Å². The molecule has 8 nitrogen and oxygen atoms in total. The molecule has 1 aromatic carbocycles. The first-order valence-electron chi connectivity index (χ1n) is 10.4. The molecule has 0 saturated carbocycles. The van der Waals surface area contributed by atoms with Crippen molar-refractivity contribution in [2.24, 2.45) is 0 Å². The number of aryl methyl sites for hydroxylation is 1. The molecule has 0 spiro atoms. The van der Waals surface area contributed by atoms with E-state index in [0.717, 1.165) is 16.0 Å². The Morgan fingerprint density at radius 2 is 2.06 bits per heavy atom. The molecule has 4 rings (SSSR count). The Bertz CT molecular complexity index is 1040. The number of rotatable bonds is 4. The van der Waals surface area contributed by atoms with Crippen LogP contribution in [-0.2, 0) is 13.1 Å². The zero-order chi connectivity index (χ0) is 23.2. The van der Waals surface area contributed by atoms with Crippen LogP contribution in [0.15, 0.2) is 23.6 Å². The van der Waals surface area contributed by atoms with Crippen molar-refractivity contribution >= 4 is 40.6 Å². The maximum Gasteiger partial charge on any atom is 0.324 e. The fourth-order valence-electron chi connectivity index (χ4n) is 4.22. The second-order valence-corrected chi connectivity index (χ2v) is 9.76. The maximum atomic E-state index is 13.0. The lowest BCUT2D eigenvalue weighted by Gasteiger charge is -2.37. The van der Waals surface area contributed by atoms with Crippen LogP contribution in [-0.4, -0.2) is 64.5 Å². The fraction of sp³-hybridized carbons (Fsp3) is 0.455. The van der Waals surface area contributed by atoms with Gasteiger partial charge in [0, 0.05) is 41.6 Å². The van der Waals surface area contributed by atoms with Crippen molar-refractivity contribution in [2.45, 2.75) is 51.4 Å². The van der Waals surface area contributed by atoms with Crippen molar-refractivity contribution in [2.75, 3.05) is 19.0 Å². The number of carbonyl (C=O) groups excluding carboxylic acids is 2. The van der Waals surface area contributed by atoms with Gasteiger partial charge in [0.05, 0.1) is 18.2 Å². The molecule has 2 aliphatic heterocycles. The number of thiophene rings is 1. The summed E-state index contributed by atoms with van der Waals surface area (Å²) in [6, 6.07) is 4.92. The highest BCUT2D eigenvalue weighted by Gasteiger charge is 2.40. The van der Waals surface area contributed by atoms with Crippen LogP contribution in [0.1, 0.15) is 39.2 Å². The SMILES string of the molecule is Cc1ccc(N(C)C(=O)N(C)Cc2scc3c2CN(C2CCC(O)NC2O)C3=O)cc1Cl. The smallest absolute Gasteiger partial charge is 0.324 e. The first kappa shape index (κ1) is 23.0. The minimum Gasteiger partial charge on any atom is -0.379 e. The summed E-state index contributed by atoms with van der Waals surface area (Å²) in [5, 5.41) is 25.1. The van der Waals surface area contributed by atoms with Crippen molar-refractivity contribution in [3.63, 3.8) is 0 Å². The van der Waals surface area contributed by atoms with Crippen molar-refractivity contribution in [1.82, 2.24) is 15.1 Å². The van der Waals surface area contributed by atoms with Crippen LogP contribution in [0.3, 0.4) is 0 Å². The summed E-state index contributed by atoms with van der Waals surface area (Å²) in [5.74, 6) is -0.120. The zero-order valence-electron chi connectivity index (χ0n) is 18.2. The van der Waals surface area contributed by atoms with Gasteiger partial charge in [0.15, 0.2) is 0 Å². The average Bonchev–Trinajstić information content (AvgIpc) is 3.29. The number of amides is 3. The van der Waals surface area contributed by atoms with E-state index in [1.54, 1.807) is 34.9 Å². The number of nitrogens with zero attached hydrogens (tertiary/aromatic N) is 3. The van der Waals surface area contributed by atoms with E-state index in [1.165, 1.54) is 11.3 Å². The van der Waals surface area contributed by atoms with Gasteiger partial charge in [-0.1, -0.05) is 17.7 Å². The van der Waals surface area contributed by atoms with Gasteiger partial charge >= 0.3 is 6.03 Å². The van der Waals surface area contributed by atoms with E-state index in [4.69, 9.17) is 11.6 Å². The van der Waals surface area contributed by atoms with E-state index in [9.17, 15) is 19.8 Å². The number of hydrogen-bond acceptors (Lipinski definition) is 6. The zero-order valence-corrected chi connectivity index (χ0v) is 19.8. The van der Waals surface area contributed by atoms with Gasteiger partial charge in [-0.25, -0.2) is 4.79 Å². The molecule has 32 heavy (non-hydrogen) atoms. The minimum atomic E-state index is -0.974. The second-order valence-electron chi connectivity index (χ2n) is 8.39. The summed E-state index contributed by atoms with van der Waals surface area (Å²) < 4.78 is 0. The van der Waals surface area contributed by atoms with Crippen LogP contribution in [0, 0.1) is 6.92 Å². The van der Waals surface area contributed by atoms with Crippen LogP contribution >= 0.6 is 22.9 Å². The third kappa shape index (κ3) is 4.23. The molecule has 3 heterocycles. The van der Waals surface area contributed by atoms with Crippen molar-refractivity contribution < 1.29 is 19.8 Å². The summed E-state index contributed by atoms with van der Waals surface area (Å²) in [4.78, 5) is 31.7. The third-order valence-corrected chi connectivity index (χ3v) is 7.62. The van der Waals surface area contributed by atoms with Gasteiger partial charge in [0.1, 0.15) is 12.5 Å². The van der Waals surface area contributed by atoms with E-state index in [0.29, 0.717) is 42.2 Å². The van der Waals surface area contributed by atoms with Crippen LogP contribution in [0.4, 0.5) is 10.5 Å². The molecular weight excluding hydrogens is 452 g/mol. The molecule has 3 N–H and O–H groups in total. The first-order chi connectivity index (χ1) is 15.2. The topological polar surface area (TPSA) is 96.4 Å². The number of fused-ring (bicyclic) bond motifs is 1. The summed E-state index contributed by atoms with van der Waals surface area (Å²) in [5.41, 5.74) is 3.18. The summed E-state index contributed by atoms with van der Waals surface area (Å²) >= 11 is 7.67. The van der Waals surface area contributed by atoms with Gasteiger partial charge in [0.2, 0.25) is 0 Å². The molecule has 0 aliphatic carbocycles. The predicted molar refractivity (Wildman–Crippen MR) is 124 cm³/mol. The second kappa shape index (κ2) is 8.99. The van der Waals surface area contributed by atoms with Crippen molar-refractivity contribution in [1.29, 1.82) is 0 Å². The molecule has 3 unspecified atom stereocenters. The minimum absolute atomic E-state index is 0.120. The number of urea groups is 1. The Hall–Kier alpha value is -2.17. The van der Waals surface area contributed by atoms with Crippen LogP contribution in [0.5, 0.6) is 0 Å². The van der Waals surface area contributed by atoms with Crippen molar-refractivity contribution in [3.05, 3.63) is 50.2 Å². The van der Waals surface area contributed by atoms with Gasteiger partial charge in [-0.2, -0.15) is 0 Å². The monoisotopic (exact) mass is 478 g/mol. The fourth-order valence-corrected chi connectivity index (χ4v) is 5.48. The van der Waals surface area contributed by atoms with E-state index < -0.39 is 18.5 Å². The Kier molecular flexibility index (Phi) is 6.46. The van der Waals surface area contributed by atoms with E-state index in [-0.39, 0.29) is 11.9 Å². The lowest BCUT2D eigenvalue weighted by atomic mass is 10.0. The number of aliphatic hydroxyl groups is 2. The van der Waals surface area contributed by atoms with Crippen LogP contribution in [0.25, 0.3) is 0 Å². The Balaban J connectivity index is 1.46. The first-order valence-corrected chi connectivity index (χ1v) is 11.7. The quantitative estimate of drug-likeness (QED) is 0.628. The maximum absolute atomic E-state index is 13.0. The van der Waals surface area contributed by atoms with Crippen LogP contribution < -0.4 is 10.2 Å². The molecule has 1 fully saturated rings. The Morgan fingerprint density at radius 3 is 2.75 bits per heavy atom. The highest BCUT2D eigenvalue weighted by atomic mass is 35.5. The number of halogens is 1. The highest BCUT2D eigenvalue weighted by molar-refractivity contribution is 7.10. The number of benzene rings is 1. The largest absolute Gasteiger partial charge is 0.379 e. The number of nitrogens with one attached hydrogen (secondary N) is 1. The third-order valence-electron chi connectivity index (χ3n) is 6.20. The summed E-state index contributed by atoms with van der Waals surface area (Å²) in [7, 11) is 3.43. The molecule has 10 heteroatoms. The highest BCUT2D eigenvalue weighted by Crippen LogP contribution is 2.35. The van der Waals surface area contributed by atoms with E-state index in [2.05, 4.69) is 5.32 Å². The van der Waals surface area contributed by atoms with Gasteiger partial charge in [-0.05, 0) is 43.0 Å². The van der Waals surface area contributed by atoms with Crippen LogP contribution in [0.2, 0.25) is 5.02 Å². The molecule has 0 bridgehead atoms. The molecule has 1 aromatic heterocycles. The number of hydrogen-bond donors (Lipinski definition) is 3. The lowest BCUT2D eigenvalue weighted by Crippen LogP contribution is -2.57. The molecular formula is C22H27ClN4O4S. The van der Waals surface area contributed by atoms with Crippen molar-refractivity contribution in [3.8, 4) is 0 Å². The number of carbonyl (C=O) groups is 2.